The van der Waals surface area contributed by atoms with Crippen molar-refractivity contribution in [2.24, 2.45) is 11.7 Å². The van der Waals surface area contributed by atoms with Crippen molar-refractivity contribution >= 4 is 5.91 Å². The summed E-state index contributed by atoms with van der Waals surface area (Å²) in [6.07, 6.45) is 0.868. The standard InChI is InChI=1S/C17H29N3O/c1-13(2)10-17(3,12-18)19-16(21)15-8-6-7-14(9-15)11-20(4)5/h6-9,13H,10-12,18H2,1-5H3,(H,19,21). The fourth-order valence-corrected chi connectivity index (χ4v) is 2.61. The summed E-state index contributed by atoms with van der Waals surface area (Å²) in [4.78, 5) is 14.5. The number of nitrogens with zero attached hydrogens (tertiary/aromatic N) is 1. The number of hydrogen-bond acceptors (Lipinski definition) is 3. The van der Waals surface area contributed by atoms with Gasteiger partial charge in [0.25, 0.3) is 5.91 Å². The van der Waals surface area contributed by atoms with E-state index >= 15 is 0 Å². The van der Waals surface area contributed by atoms with Crippen LogP contribution < -0.4 is 11.1 Å². The van der Waals surface area contributed by atoms with Crippen molar-refractivity contribution in [3.05, 3.63) is 35.4 Å². The van der Waals surface area contributed by atoms with Crippen molar-refractivity contribution in [2.45, 2.75) is 39.3 Å². The Kier molecular flexibility index (Phi) is 6.37. The Hall–Kier alpha value is -1.39. The fourth-order valence-electron chi connectivity index (χ4n) is 2.61. The molecule has 4 heteroatoms. The predicted octanol–water partition coefficient (Wildman–Crippen LogP) is 2.24. The number of rotatable bonds is 7. The molecule has 1 atom stereocenters. The molecule has 0 spiro atoms. The molecule has 0 radical (unpaired) electrons. The lowest BCUT2D eigenvalue weighted by Gasteiger charge is -2.31. The van der Waals surface area contributed by atoms with Crippen molar-refractivity contribution in [3.8, 4) is 0 Å². The molecule has 0 fully saturated rings. The summed E-state index contributed by atoms with van der Waals surface area (Å²) in [6, 6.07) is 7.76. The third-order valence-electron chi connectivity index (χ3n) is 3.41. The highest BCUT2D eigenvalue weighted by molar-refractivity contribution is 5.94. The van der Waals surface area contributed by atoms with Crippen LogP contribution in [0.3, 0.4) is 0 Å². The van der Waals surface area contributed by atoms with Crippen LogP contribution in [0.25, 0.3) is 0 Å². The van der Waals surface area contributed by atoms with Gasteiger partial charge < -0.3 is 16.0 Å². The molecule has 0 heterocycles. The number of carbonyl (C=O) groups excluding carboxylic acids is 1. The van der Waals surface area contributed by atoms with Crippen LogP contribution in [0.4, 0.5) is 0 Å². The van der Waals surface area contributed by atoms with Crippen LogP contribution in [0.15, 0.2) is 24.3 Å². The van der Waals surface area contributed by atoms with Crippen LogP contribution in [0.5, 0.6) is 0 Å². The molecule has 3 N–H and O–H groups in total. The van der Waals surface area contributed by atoms with E-state index in [1.54, 1.807) is 0 Å². The summed E-state index contributed by atoms with van der Waals surface area (Å²) in [5.41, 5.74) is 7.32. The second kappa shape index (κ2) is 7.57. The van der Waals surface area contributed by atoms with Gasteiger partial charge in [-0.1, -0.05) is 26.0 Å². The van der Waals surface area contributed by atoms with E-state index in [1.807, 2.05) is 45.3 Å². The van der Waals surface area contributed by atoms with Crippen LogP contribution in [-0.2, 0) is 6.54 Å². The fraction of sp³-hybridized carbons (Fsp3) is 0.588. The first-order chi connectivity index (χ1) is 9.75. The third kappa shape index (κ3) is 5.86. The van der Waals surface area contributed by atoms with Crippen molar-refractivity contribution in [2.75, 3.05) is 20.6 Å². The largest absolute Gasteiger partial charge is 0.346 e. The van der Waals surface area contributed by atoms with Gasteiger partial charge in [-0.3, -0.25) is 4.79 Å². The third-order valence-corrected chi connectivity index (χ3v) is 3.41. The van der Waals surface area contributed by atoms with Gasteiger partial charge in [0.1, 0.15) is 0 Å². The van der Waals surface area contributed by atoms with E-state index in [1.165, 1.54) is 0 Å². The van der Waals surface area contributed by atoms with Crippen LogP contribution in [0.1, 0.15) is 43.1 Å². The zero-order valence-corrected chi connectivity index (χ0v) is 13.9. The van der Waals surface area contributed by atoms with Crippen molar-refractivity contribution in [1.29, 1.82) is 0 Å². The molecule has 0 aliphatic rings. The Labute approximate surface area is 128 Å². The van der Waals surface area contributed by atoms with E-state index in [0.29, 0.717) is 18.0 Å². The molecule has 0 saturated heterocycles. The van der Waals surface area contributed by atoms with Gasteiger partial charge in [-0.25, -0.2) is 0 Å². The molecule has 1 amide bonds. The number of carbonyl (C=O) groups is 1. The van der Waals surface area contributed by atoms with Crippen molar-refractivity contribution in [3.63, 3.8) is 0 Å². The molecule has 0 aliphatic heterocycles. The summed E-state index contributed by atoms with van der Waals surface area (Å²) in [5, 5.41) is 3.09. The molecule has 1 unspecified atom stereocenters. The SMILES string of the molecule is CC(C)CC(C)(CN)NC(=O)c1cccc(CN(C)C)c1. The minimum absolute atomic E-state index is 0.0517. The summed E-state index contributed by atoms with van der Waals surface area (Å²) in [6.45, 7) is 7.54. The summed E-state index contributed by atoms with van der Waals surface area (Å²) in [5.74, 6) is 0.433. The van der Waals surface area contributed by atoms with E-state index < -0.39 is 0 Å². The summed E-state index contributed by atoms with van der Waals surface area (Å²) < 4.78 is 0. The maximum Gasteiger partial charge on any atom is 0.251 e. The number of nitrogens with one attached hydrogen (secondary N) is 1. The van der Waals surface area contributed by atoms with Crippen molar-refractivity contribution < 1.29 is 4.79 Å². The van der Waals surface area contributed by atoms with Gasteiger partial charge in [-0.15, -0.1) is 0 Å². The van der Waals surface area contributed by atoms with E-state index in [9.17, 15) is 4.79 Å². The molecule has 0 saturated carbocycles. The monoisotopic (exact) mass is 291 g/mol. The smallest absolute Gasteiger partial charge is 0.251 e. The minimum atomic E-state index is -0.358. The average molecular weight is 291 g/mol. The van der Waals surface area contributed by atoms with Gasteiger partial charge in [-0.2, -0.15) is 0 Å². The van der Waals surface area contributed by atoms with Gasteiger partial charge in [0.05, 0.1) is 0 Å². The highest BCUT2D eigenvalue weighted by Gasteiger charge is 2.26. The zero-order chi connectivity index (χ0) is 16.0. The van der Waals surface area contributed by atoms with E-state index in [2.05, 4.69) is 24.1 Å². The van der Waals surface area contributed by atoms with E-state index in [0.717, 1.165) is 18.5 Å². The molecule has 0 bridgehead atoms. The van der Waals surface area contributed by atoms with Gasteiger partial charge in [0.2, 0.25) is 0 Å². The Morgan fingerprint density at radius 1 is 1.38 bits per heavy atom. The Balaban J connectivity index is 2.83. The Bertz CT molecular complexity index is 471. The maximum absolute atomic E-state index is 12.5. The molecular formula is C17H29N3O. The van der Waals surface area contributed by atoms with Gasteiger partial charge in [0.15, 0.2) is 0 Å². The lowest BCUT2D eigenvalue weighted by atomic mass is 9.90. The molecule has 1 aromatic carbocycles. The molecule has 0 aliphatic carbocycles. The number of nitrogens with two attached hydrogens (primary N) is 1. The Morgan fingerprint density at radius 3 is 2.57 bits per heavy atom. The maximum atomic E-state index is 12.5. The van der Waals surface area contributed by atoms with Gasteiger partial charge in [0, 0.05) is 24.2 Å². The molecule has 118 valence electrons. The first-order valence-corrected chi connectivity index (χ1v) is 7.52. The average Bonchev–Trinajstić information content (AvgIpc) is 2.37. The van der Waals surface area contributed by atoms with Crippen molar-refractivity contribution in [1.82, 2.24) is 10.2 Å². The highest BCUT2D eigenvalue weighted by atomic mass is 16.1. The number of benzene rings is 1. The lowest BCUT2D eigenvalue weighted by Crippen LogP contribution is -2.52. The second-order valence-corrected chi connectivity index (χ2v) is 6.76. The second-order valence-electron chi connectivity index (χ2n) is 6.76. The zero-order valence-electron chi connectivity index (χ0n) is 13.9. The molecule has 1 rings (SSSR count). The van der Waals surface area contributed by atoms with E-state index in [-0.39, 0.29) is 11.4 Å². The van der Waals surface area contributed by atoms with Crippen LogP contribution in [-0.4, -0.2) is 37.0 Å². The molecule has 21 heavy (non-hydrogen) atoms. The lowest BCUT2D eigenvalue weighted by molar-refractivity contribution is 0.0898. The topological polar surface area (TPSA) is 58.4 Å². The van der Waals surface area contributed by atoms with Crippen LogP contribution in [0, 0.1) is 5.92 Å². The van der Waals surface area contributed by atoms with Crippen LogP contribution >= 0.6 is 0 Å². The first kappa shape index (κ1) is 17.7. The minimum Gasteiger partial charge on any atom is -0.346 e. The highest BCUT2D eigenvalue weighted by Crippen LogP contribution is 2.16. The molecule has 1 aromatic rings. The quantitative estimate of drug-likeness (QED) is 0.810. The number of hydrogen-bond donors (Lipinski definition) is 2. The van der Waals surface area contributed by atoms with Gasteiger partial charge >= 0.3 is 0 Å². The van der Waals surface area contributed by atoms with E-state index in [4.69, 9.17) is 5.73 Å². The molecular weight excluding hydrogens is 262 g/mol. The van der Waals surface area contributed by atoms with Gasteiger partial charge in [-0.05, 0) is 51.1 Å². The van der Waals surface area contributed by atoms with Crippen LogP contribution in [0.2, 0.25) is 0 Å². The first-order valence-electron chi connectivity index (χ1n) is 7.52. The number of amides is 1. The summed E-state index contributed by atoms with van der Waals surface area (Å²) in [7, 11) is 4.03. The summed E-state index contributed by atoms with van der Waals surface area (Å²) >= 11 is 0. The Morgan fingerprint density at radius 2 is 2.05 bits per heavy atom. The molecule has 0 aromatic heterocycles. The predicted molar refractivity (Wildman–Crippen MR) is 88.2 cm³/mol. The molecule has 4 nitrogen and oxygen atoms in total. The normalized spacial score (nSPS) is 14.3.